The first-order chi connectivity index (χ1) is 8.63. The fourth-order valence-corrected chi connectivity index (χ4v) is 2.32. The Kier molecular flexibility index (Phi) is 4.45. The van der Waals surface area contributed by atoms with E-state index >= 15 is 0 Å². The maximum atomic E-state index is 6.21. The summed E-state index contributed by atoms with van der Waals surface area (Å²) in [6.07, 6.45) is 0. The van der Waals surface area contributed by atoms with Crippen LogP contribution < -0.4 is 5.73 Å². The van der Waals surface area contributed by atoms with E-state index in [1.165, 1.54) is 0 Å². The van der Waals surface area contributed by atoms with Gasteiger partial charge in [0.25, 0.3) is 0 Å². The predicted molar refractivity (Wildman–Crippen MR) is 74.6 cm³/mol. The maximum absolute atomic E-state index is 6.21. The number of methoxy groups -OCH3 is 1. The normalized spacial score (nSPS) is 12.7. The lowest BCUT2D eigenvalue weighted by Gasteiger charge is -2.12. The van der Waals surface area contributed by atoms with Gasteiger partial charge in [0.15, 0.2) is 0 Å². The Labute approximate surface area is 119 Å². The van der Waals surface area contributed by atoms with Crippen molar-refractivity contribution in [3.05, 3.63) is 56.9 Å². The largest absolute Gasteiger partial charge is 0.462 e. The summed E-state index contributed by atoms with van der Waals surface area (Å²) in [5.41, 5.74) is 6.98. The van der Waals surface area contributed by atoms with Crippen LogP contribution in [0.5, 0.6) is 0 Å². The van der Waals surface area contributed by atoms with Crippen molar-refractivity contribution in [1.82, 2.24) is 0 Å². The Morgan fingerprint density at radius 2 is 2.17 bits per heavy atom. The van der Waals surface area contributed by atoms with Gasteiger partial charge in [0.2, 0.25) is 0 Å². The number of ether oxygens (including phenoxy) is 1. The Morgan fingerprint density at radius 3 is 2.89 bits per heavy atom. The molecule has 0 aliphatic rings. The molecule has 2 rings (SSSR count). The highest BCUT2D eigenvalue weighted by atomic mass is 79.9. The third kappa shape index (κ3) is 2.78. The molecule has 3 nitrogen and oxygen atoms in total. The van der Waals surface area contributed by atoms with Gasteiger partial charge in [-0.2, -0.15) is 0 Å². The van der Waals surface area contributed by atoms with Crippen molar-refractivity contribution in [2.24, 2.45) is 5.73 Å². The van der Waals surface area contributed by atoms with E-state index < -0.39 is 0 Å². The Balaban J connectivity index is 2.29. The van der Waals surface area contributed by atoms with E-state index in [1.54, 1.807) is 7.11 Å². The summed E-state index contributed by atoms with van der Waals surface area (Å²) in [6, 6.07) is 8.96. The molecule has 18 heavy (non-hydrogen) atoms. The average Bonchev–Trinajstić information content (AvgIpc) is 2.81. The molecule has 96 valence electrons. The molecule has 0 saturated carbocycles. The molecule has 0 aliphatic carbocycles. The second-order valence-corrected chi connectivity index (χ2v) is 5.09. The second-order valence-electron chi connectivity index (χ2n) is 3.86. The van der Waals surface area contributed by atoms with Crippen LogP contribution >= 0.6 is 27.5 Å². The Morgan fingerprint density at radius 1 is 1.39 bits per heavy atom. The summed E-state index contributed by atoms with van der Waals surface area (Å²) in [4.78, 5) is 0. The highest BCUT2D eigenvalue weighted by Crippen LogP contribution is 2.32. The molecule has 0 spiro atoms. The molecule has 0 radical (unpaired) electrons. The molecule has 0 aliphatic heterocycles. The first-order valence-electron chi connectivity index (χ1n) is 5.40. The fourth-order valence-electron chi connectivity index (χ4n) is 1.70. The summed E-state index contributed by atoms with van der Waals surface area (Å²) in [7, 11) is 1.62. The molecule has 1 unspecified atom stereocenters. The van der Waals surface area contributed by atoms with E-state index in [9.17, 15) is 0 Å². The first-order valence-corrected chi connectivity index (χ1v) is 6.57. The van der Waals surface area contributed by atoms with Crippen molar-refractivity contribution in [3.63, 3.8) is 0 Å². The minimum absolute atomic E-state index is 0.388. The molecule has 0 fully saturated rings. The molecule has 5 heteroatoms. The van der Waals surface area contributed by atoms with Crippen LogP contribution in [0.2, 0.25) is 5.02 Å². The smallest absolute Gasteiger partial charge is 0.129 e. The summed E-state index contributed by atoms with van der Waals surface area (Å²) < 4.78 is 11.4. The SMILES string of the molecule is COCc1ccc(C(N)c2cccc(Br)c2Cl)o1. The number of hydrogen-bond acceptors (Lipinski definition) is 3. The number of halogens is 2. The van der Waals surface area contributed by atoms with Gasteiger partial charge in [0.05, 0.1) is 11.1 Å². The van der Waals surface area contributed by atoms with Crippen LogP contribution in [0.25, 0.3) is 0 Å². The lowest BCUT2D eigenvalue weighted by molar-refractivity contribution is 0.162. The summed E-state index contributed by atoms with van der Waals surface area (Å²) in [5, 5.41) is 0.606. The van der Waals surface area contributed by atoms with Crippen LogP contribution in [0, 0.1) is 0 Å². The molecule has 2 aromatic rings. The number of nitrogens with two attached hydrogens (primary N) is 1. The fraction of sp³-hybridized carbons (Fsp3) is 0.231. The lowest BCUT2D eigenvalue weighted by atomic mass is 10.1. The molecular formula is C13H13BrClNO2. The Bertz CT molecular complexity index is 542. The van der Waals surface area contributed by atoms with Crippen molar-refractivity contribution < 1.29 is 9.15 Å². The number of benzene rings is 1. The van der Waals surface area contributed by atoms with Crippen molar-refractivity contribution >= 4 is 27.5 Å². The van der Waals surface area contributed by atoms with E-state index in [1.807, 2.05) is 30.3 Å². The molecule has 1 atom stereocenters. The van der Waals surface area contributed by atoms with Gasteiger partial charge in [0, 0.05) is 11.6 Å². The zero-order valence-electron chi connectivity index (χ0n) is 9.82. The highest BCUT2D eigenvalue weighted by Gasteiger charge is 2.17. The summed E-state index contributed by atoms with van der Waals surface area (Å²) in [5.74, 6) is 1.41. The molecule has 1 aromatic carbocycles. The van der Waals surface area contributed by atoms with E-state index in [0.717, 1.165) is 15.8 Å². The Hall–Kier alpha value is -0.810. The van der Waals surface area contributed by atoms with Gasteiger partial charge in [-0.15, -0.1) is 0 Å². The van der Waals surface area contributed by atoms with Gasteiger partial charge < -0.3 is 14.9 Å². The number of hydrogen-bond donors (Lipinski definition) is 1. The van der Waals surface area contributed by atoms with Crippen LogP contribution in [-0.4, -0.2) is 7.11 Å². The van der Waals surface area contributed by atoms with Crippen LogP contribution in [0.3, 0.4) is 0 Å². The van der Waals surface area contributed by atoms with E-state index in [0.29, 0.717) is 17.4 Å². The summed E-state index contributed by atoms with van der Waals surface area (Å²) in [6.45, 7) is 0.430. The van der Waals surface area contributed by atoms with Crippen LogP contribution in [0.4, 0.5) is 0 Å². The molecule has 0 saturated heterocycles. The van der Waals surface area contributed by atoms with Crippen LogP contribution in [-0.2, 0) is 11.3 Å². The zero-order chi connectivity index (χ0) is 13.1. The minimum Gasteiger partial charge on any atom is -0.462 e. The van der Waals surface area contributed by atoms with Crippen LogP contribution in [0.15, 0.2) is 39.2 Å². The third-order valence-electron chi connectivity index (χ3n) is 2.59. The maximum Gasteiger partial charge on any atom is 0.129 e. The predicted octanol–water partition coefficient (Wildman–Crippen LogP) is 3.89. The topological polar surface area (TPSA) is 48.4 Å². The molecular weight excluding hydrogens is 318 g/mol. The molecule has 0 amide bonds. The summed E-state index contributed by atoms with van der Waals surface area (Å²) >= 11 is 9.59. The quantitative estimate of drug-likeness (QED) is 0.925. The van der Waals surface area contributed by atoms with Gasteiger partial charge in [-0.05, 0) is 39.7 Å². The highest BCUT2D eigenvalue weighted by molar-refractivity contribution is 9.10. The first kappa shape index (κ1) is 13.6. The van der Waals surface area contributed by atoms with E-state index in [2.05, 4.69) is 15.9 Å². The van der Waals surface area contributed by atoms with E-state index in [4.69, 9.17) is 26.5 Å². The number of rotatable bonds is 4. The van der Waals surface area contributed by atoms with Crippen molar-refractivity contribution in [1.29, 1.82) is 0 Å². The van der Waals surface area contributed by atoms with E-state index in [-0.39, 0.29) is 6.04 Å². The average molecular weight is 331 g/mol. The van der Waals surface area contributed by atoms with Gasteiger partial charge in [-0.1, -0.05) is 23.7 Å². The van der Waals surface area contributed by atoms with Gasteiger partial charge in [-0.25, -0.2) is 0 Å². The zero-order valence-corrected chi connectivity index (χ0v) is 12.2. The molecule has 2 N–H and O–H groups in total. The minimum atomic E-state index is -0.388. The van der Waals surface area contributed by atoms with Gasteiger partial charge in [-0.3, -0.25) is 0 Å². The third-order valence-corrected chi connectivity index (χ3v) is 3.90. The van der Waals surface area contributed by atoms with Gasteiger partial charge >= 0.3 is 0 Å². The monoisotopic (exact) mass is 329 g/mol. The van der Waals surface area contributed by atoms with Crippen molar-refractivity contribution in [2.45, 2.75) is 12.6 Å². The lowest BCUT2D eigenvalue weighted by Crippen LogP contribution is -2.11. The molecule has 1 aromatic heterocycles. The van der Waals surface area contributed by atoms with Crippen molar-refractivity contribution in [2.75, 3.05) is 7.11 Å². The van der Waals surface area contributed by atoms with Crippen LogP contribution in [0.1, 0.15) is 23.1 Å². The second kappa shape index (κ2) is 5.89. The van der Waals surface area contributed by atoms with Crippen molar-refractivity contribution in [3.8, 4) is 0 Å². The molecule has 1 heterocycles. The standard InChI is InChI=1S/C13H13BrClNO2/c1-17-7-8-5-6-11(18-8)13(16)9-3-2-4-10(14)12(9)15/h2-6,13H,7,16H2,1H3. The number of furan rings is 1. The van der Waals surface area contributed by atoms with Gasteiger partial charge in [0.1, 0.15) is 18.1 Å². The molecule has 0 bridgehead atoms.